The molecule has 0 rings (SSSR count). The normalized spacial score (nSPS) is 12.5. The van der Waals surface area contributed by atoms with E-state index in [0.29, 0.717) is 19.3 Å². The Bertz CT molecular complexity index is 1490. The molecule has 0 fully saturated rings. The van der Waals surface area contributed by atoms with E-state index in [2.05, 4.69) is 93.7 Å². The number of ether oxygens (including phenoxy) is 3. The van der Waals surface area contributed by atoms with Crippen LogP contribution in [0.3, 0.4) is 0 Å². The molecule has 0 amide bonds. The van der Waals surface area contributed by atoms with Crippen molar-refractivity contribution >= 4 is 17.9 Å². The first-order valence-electron chi connectivity index (χ1n) is 35.4. The average Bonchev–Trinajstić information content (AvgIpc) is 3.47. The lowest BCUT2D eigenvalue weighted by Crippen LogP contribution is -2.30. The van der Waals surface area contributed by atoms with Crippen LogP contribution in [0.4, 0.5) is 0 Å². The zero-order valence-corrected chi connectivity index (χ0v) is 54.1. The highest BCUT2D eigenvalue weighted by Crippen LogP contribution is 2.18. The number of hydrogen-bond acceptors (Lipinski definition) is 6. The molecule has 0 aliphatic carbocycles. The van der Waals surface area contributed by atoms with E-state index in [9.17, 15) is 14.4 Å². The van der Waals surface area contributed by atoms with E-state index in [1.54, 1.807) is 0 Å². The summed E-state index contributed by atoms with van der Waals surface area (Å²) in [6.07, 6.45) is 90.6. The number of carbonyl (C=O) groups is 3. The Morgan fingerprint density at radius 2 is 0.481 bits per heavy atom. The van der Waals surface area contributed by atoms with Crippen molar-refractivity contribution in [3.8, 4) is 0 Å². The Balaban J connectivity index is 4.33. The van der Waals surface area contributed by atoms with Crippen LogP contribution in [0.2, 0.25) is 0 Å². The van der Waals surface area contributed by atoms with Crippen molar-refractivity contribution in [2.24, 2.45) is 0 Å². The molecule has 1 unspecified atom stereocenters. The highest BCUT2D eigenvalue weighted by Gasteiger charge is 2.19. The molecule has 0 aromatic carbocycles. The van der Waals surface area contributed by atoms with Crippen LogP contribution < -0.4 is 0 Å². The lowest BCUT2D eigenvalue weighted by atomic mass is 10.0. The average molecular weight is 1130 g/mol. The van der Waals surface area contributed by atoms with Crippen LogP contribution in [0.15, 0.2) is 72.9 Å². The lowest BCUT2D eigenvalue weighted by Gasteiger charge is -2.18. The summed E-state index contributed by atoms with van der Waals surface area (Å²) in [5, 5.41) is 0. The molecule has 81 heavy (non-hydrogen) atoms. The van der Waals surface area contributed by atoms with Gasteiger partial charge in [0.15, 0.2) is 6.10 Å². The number of esters is 3. The van der Waals surface area contributed by atoms with E-state index in [4.69, 9.17) is 14.2 Å². The quantitative estimate of drug-likeness (QED) is 0.0261. The van der Waals surface area contributed by atoms with Gasteiger partial charge in [-0.25, -0.2) is 0 Å². The van der Waals surface area contributed by atoms with E-state index in [0.717, 1.165) is 103 Å². The van der Waals surface area contributed by atoms with Crippen LogP contribution in [0.5, 0.6) is 0 Å². The maximum Gasteiger partial charge on any atom is 0.306 e. The largest absolute Gasteiger partial charge is 0.462 e. The number of rotatable bonds is 65. The molecule has 6 nitrogen and oxygen atoms in total. The van der Waals surface area contributed by atoms with Crippen molar-refractivity contribution < 1.29 is 28.6 Å². The molecule has 0 aromatic rings. The SMILES string of the molecule is CC/C=C\C/C=C\C/C=C\C/C=C\C/C=C\C/C=C\CCCCCCCCCCC(=O)OCC(COC(=O)CCCCCCCCCCCCCCCCCCCC)OC(=O)CCCCCCCCCCCCCCCCCCCC. The van der Waals surface area contributed by atoms with Gasteiger partial charge in [0, 0.05) is 19.3 Å². The predicted octanol–water partition coefficient (Wildman–Crippen LogP) is 24.4. The van der Waals surface area contributed by atoms with E-state index >= 15 is 0 Å². The van der Waals surface area contributed by atoms with Crippen LogP contribution >= 0.6 is 0 Å². The van der Waals surface area contributed by atoms with Crippen molar-refractivity contribution in [1.82, 2.24) is 0 Å². The predicted molar refractivity (Wildman–Crippen MR) is 353 cm³/mol. The fourth-order valence-corrected chi connectivity index (χ4v) is 10.5. The molecule has 470 valence electrons. The zero-order valence-electron chi connectivity index (χ0n) is 54.1. The molecule has 0 saturated carbocycles. The molecule has 0 bridgehead atoms. The molecular formula is C75H134O6. The highest BCUT2D eigenvalue weighted by atomic mass is 16.6. The van der Waals surface area contributed by atoms with Crippen molar-refractivity contribution in [1.29, 1.82) is 0 Å². The topological polar surface area (TPSA) is 78.9 Å². The van der Waals surface area contributed by atoms with Gasteiger partial charge in [-0.05, 0) is 70.6 Å². The molecule has 0 saturated heterocycles. The first-order chi connectivity index (χ1) is 40.0. The Labute approximate surface area is 503 Å². The van der Waals surface area contributed by atoms with Gasteiger partial charge in [0.05, 0.1) is 0 Å². The Morgan fingerprint density at radius 3 is 0.753 bits per heavy atom. The fourth-order valence-electron chi connectivity index (χ4n) is 10.5. The fraction of sp³-hybridized carbons (Fsp3) is 0.800. The van der Waals surface area contributed by atoms with E-state index in [1.165, 1.54) is 225 Å². The molecule has 0 aliphatic heterocycles. The maximum atomic E-state index is 13.0. The van der Waals surface area contributed by atoms with Crippen molar-refractivity contribution in [3.63, 3.8) is 0 Å². The van der Waals surface area contributed by atoms with Gasteiger partial charge < -0.3 is 14.2 Å². The van der Waals surface area contributed by atoms with Gasteiger partial charge in [-0.3, -0.25) is 14.4 Å². The van der Waals surface area contributed by atoms with E-state index in [-0.39, 0.29) is 31.1 Å². The third-order valence-electron chi connectivity index (χ3n) is 15.7. The first kappa shape index (κ1) is 77.9. The van der Waals surface area contributed by atoms with Crippen molar-refractivity contribution in [3.05, 3.63) is 72.9 Å². The molecule has 0 spiro atoms. The summed E-state index contributed by atoms with van der Waals surface area (Å²) in [5.41, 5.74) is 0. The van der Waals surface area contributed by atoms with Gasteiger partial charge in [0.2, 0.25) is 0 Å². The van der Waals surface area contributed by atoms with Crippen molar-refractivity contribution in [2.45, 2.75) is 374 Å². The summed E-state index contributed by atoms with van der Waals surface area (Å²) in [7, 11) is 0. The van der Waals surface area contributed by atoms with Gasteiger partial charge in [0.25, 0.3) is 0 Å². The Morgan fingerprint density at radius 1 is 0.259 bits per heavy atom. The van der Waals surface area contributed by atoms with Gasteiger partial charge in [-0.2, -0.15) is 0 Å². The third-order valence-corrected chi connectivity index (χ3v) is 15.7. The second kappa shape index (κ2) is 69.3. The Hall–Kier alpha value is -3.15. The van der Waals surface area contributed by atoms with Gasteiger partial charge in [0.1, 0.15) is 13.2 Å². The minimum absolute atomic E-state index is 0.0720. The minimum Gasteiger partial charge on any atom is -0.462 e. The summed E-state index contributed by atoms with van der Waals surface area (Å²) >= 11 is 0. The molecule has 0 radical (unpaired) electrons. The minimum atomic E-state index is -0.777. The first-order valence-corrected chi connectivity index (χ1v) is 35.4. The monoisotopic (exact) mass is 1130 g/mol. The highest BCUT2D eigenvalue weighted by molar-refractivity contribution is 5.71. The molecular weight excluding hydrogens is 997 g/mol. The lowest BCUT2D eigenvalue weighted by molar-refractivity contribution is -0.167. The zero-order chi connectivity index (χ0) is 58.5. The van der Waals surface area contributed by atoms with E-state index < -0.39 is 6.10 Å². The van der Waals surface area contributed by atoms with Crippen LogP contribution in [-0.4, -0.2) is 37.2 Å². The molecule has 0 heterocycles. The third kappa shape index (κ3) is 67.5. The van der Waals surface area contributed by atoms with Gasteiger partial charge >= 0.3 is 17.9 Å². The van der Waals surface area contributed by atoms with Crippen LogP contribution in [0, 0.1) is 0 Å². The van der Waals surface area contributed by atoms with Crippen LogP contribution in [0.1, 0.15) is 367 Å². The Kier molecular flexibility index (Phi) is 66.6. The summed E-state index contributed by atoms with van der Waals surface area (Å²) in [6, 6.07) is 0. The molecule has 0 aliphatic rings. The van der Waals surface area contributed by atoms with Crippen LogP contribution in [-0.2, 0) is 28.6 Å². The molecule has 6 heteroatoms. The summed E-state index contributed by atoms with van der Waals surface area (Å²) in [6.45, 7) is 6.59. The molecule has 1 atom stereocenters. The molecule has 0 N–H and O–H groups in total. The number of unbranched alkanes of at least 4 members (excludes halogenated alkanes) is 42. The number of carbonyl (C=O) groups excluding carboxylic acids is 3. The number of allylic oxidation sites excluding steroid dienone is 12. The van der Waals surface area contributed by atoms with Gasteiger partial charge in [-0.1, -0.05) is 351 Å². The molecule has 0 aromatic heterocycles. The second-order valence-electron chi connectivity index (χ2n) is 23.8. The van der Waals surface area contributed by atoms with Crippen molar-refractivity contribution in [2.75, 3.05) is 13.2 Å². The smallest absolute Gasteiger partial charge is 0.306 e. The number of hydrogen-bond donors (Lipinski definition) is 0. The standard InChI is InChI=1S/C75H134O6/c1-4-7-10-13-16-19-22-25-28-31-34-35-36-37-38-39-40-41-42-45-47-50-53-56-59-62-65-68-74(77)80-71-72(81-75(78)69-66-63-60-57-54-51-48-44-33-30-27-24-21-18-15-12-9-6-3)70-79-73(76)67-64-61-58-55-52-49-46-43-32-29-26-23-20-17-14-11-8-5-2/h7,10,16,19,25,28,34-35,37-38,40-41,72H,4-6,8-9,11-15,17-18,20-24,26-27,29-33,36,39,42-71H2,1-3H3/b10-7-,19-16-,28-25-,35-34-,38-37-,41-40-. The summed E-state index contributed by atoms with van der Waals surface area (Å²) in [5.74, 6) is -0.855. The van der Waals surface area contributed by atoms with Gasteiger partial charge in [-0.15, -0.1) is 0 Å². The van der Waals surface area contributed by atoms with Crippen LogP contribution in [0.25, 0.3) is 0 Å². The second-order valence-corrected chi connectivity index (χ2v) is 23.8. The van der Waals surface area contributed by atoms with E-state index in [1.807, 2.05) is 0 Å². The summed E-state index contributed by atoms with van der Waals surface area (Å²) in [4.78, 5) is 38.5. The maximum absolute atomic E-state index is 13.0. The summed E-state index contributed by atoms with van der Waals surface area (Å²) < 4.78 is 17.0.